The van der Waals surface area contributed by atoms with Crippen molar-refractivity contribution < 1.29 is 18.7 Å². The lowest BCUT2D eigenvalue weighted by Crippen LogP contribution is -1.94. The van der Waals surface area contributed by atoms with E-state index in [9.17, 15) is 4.79 Å². The highest BCUT2D eigenvalue weighted by atomic mass is 16.4. The van der Waals surface area contributed by atoms with Crippen molar-refractivity contribution in [3.05, 3.63) is 48.0 Å². The summed E-state index contributed by atoms with van der Waals surface area (Å²) < 4.78 is 11.0. The molecule has 0 unspecified atom stereocenters. The number of nitrogens with one attached hydrogen (secondary N) is 1. The van der Waals surface area contributed by atoms with Crippen LogP contribution in [0.2, 0.25) is 0 Å². The summed E-state index contributed by atoms with van der Waals surface area (Å²) in [5, 5.41) is 11.8. The molecule has 2 heterocycles. The van der Waals surface area contributed by atoms with Gasteiger partial charge in [-0.15, -0.1) is 0 Å². The van der Waals surface area contributed by atoms with Gasteiger partial charge in [-0.2, -0.15) is 9.97 Å². The van der Waals surface area contributed by atoms with E-state index in [2.05, 4.69) is 15.3 Å². The SMILES string of the molecule is O=C(O)c1ccc2nc(Nc3nc4ccccc4o3)oc2c1. The quantitative estimate of drug-likeness (QED) is 0.597. The van der Waals surface area contributed by atoms with E-state index in [1.165, 1.54) is 12.1 Å². The van der Waals surface area contributed by atoms with Crippen LogP contribution in [0, 0.1) is 0 Å². The topological polar surface area (TPSA) is 101 Å². The molecule has 2 N–H and O–H groups in total. The third-order valence-electron chi connectivity index (χ3n) is 3.14. The molecule has 2 aromatic carbocycles. The lowest BCUT2D eigenvalue weighted by Gasteiger charge is -1.92. The summed E-state index contributed by atoms with van der Waals surface area (Å²) in [4.78, 5) is 19.4. The highest BCUT2D eigenvalue weighted by Gasteiger charge is 2.12. The van der Waals surface area contributed by atoms with Gasteiger partial charge in [-0.3, -0.25) is 5.32 Å². The number of carbonyl (C=O) groups is 1. The second-order valence-corrected chi connectivity index (χ2v) is 4.62. The fourth-order valence-corrected chi connectivity index (χ4v) is 2.13. The van der Waals surface area contributed by atoms with Crippen LogP contribution in [0.15, 0.2) is 51.3 Å². The molecule has 0 bridgehead atoms. The normalized spacial score (nSPS) is 11.1. The number of aromatic carboxylic acids is 1. The number of nitrogens with zero attached hydrogens (tertiary/aromatic N) is 2. The Kier molecular flexibility index (Phi) is 2.59. The van der Waals surface area contributed by atoms with Gasteiger partial charge in [-0.25, -0.2) is 4.79 Å². The zero-order valence-electron chi connectivity index (χ0n) is 11.1. The van der Waals surface area contributed by atoms with E-state index < -0.39 is 5.97 Å². The van der Waals surface area contributed by atoms with E-state index in [1.54, 1.807) is 12.1 Å². The van der Waals surface area contributed by atoms with Gasteiger partial charge in [0.05, 0.1) is 5.56 Å². The minimum absolute atomic E-state index is 0.136. The molecule has 0 saturated heterocycles. The highest BCUT2D eigenvalue weighted by molar-refractivity contribution is 5.92. The summed E-state index contributed by atoms with van der Waals surface area (Å²) in [6, 6.07) is 12.3. The van der Waals surface area contributed by atoms with Gasteiger partial charge < -0.3 is 13.9 Å². The number of anilines is 2. The van der Waals surface area contributed by atoms with Crippen molar-refractivity contribution in [1.82, 2.24) is 9.97 Å². The average molecular weight is 295 g/mol. The third kappa shape index (κ3) is 2.05. The van der Waals surface area contributed by atoms with Crippen LogP contribution in [0.3, 0.4) is 0 Å². The highest BCUT2D eigenvalue weighted by Crippen LogP contribution is 2.25. The minimum atomic E-state index is -1.02. The summed E-state index contributed by atoms with van der Waals surface area (Å²) in [5.41, 5.74) is 2.42. The standard InChI is InChI=1S/C15H9N3O4/c19-13(20)8-5-6-10-12(7-8)22-15(17-10)18-14-16-9-3-1-2-4-11(9)21-14/h1-7H,(H,19,20)(H,16,17,18). The predicted molar refractivity (Wildman–Crippen MR) is 78.3 cm³/mol. The molecule has 0 aliphatic heterocycles. The van der Waals surface area contributed by atoms with Gasteiger partial charge in [0.2, 0.25) is 0 Å². The summed E-state index contributed by atoms with van der Waals surface area (Å²) in [6.07, 6.45) is 0. The number of hydrogen-bond donors (Lipinski definition) is 2. The number of benzene rings is 2. The van der Waals surface area contributed by atoms with Crippen molar-refractivity contribution in [2.75, 3.05) is 5.32 Å². The first-order valence-electron chi connectivity index (χ1n) is 6.45. The number of carboxylic acid groups (broad SMARTS) is 1. The summed E-state index contributed by atoms with van der Waals surface area (Å²) in [6.45, 7) is 0. The molecule has 0 atom stereocenters. The fraction of sp³-hybridized carbons (Fsp3) is 0. The largest absolute Gasteiger partial charge is 0.478 e. The van der Waals surface area contributed by atoms with Crippen molar-refractivity contribution in [3.8, 4) is 0 Å². The van der Waals surface area contributed by atoms with Gasteiger partial charge in [0.25, 0.3) is 0 Å². The van der Waals surface area contributed by atoms with E-state index >= 15 is 0 Å². The Labute approximate surface area is 123 Å². The van der Waals surface area contributed by atoms with Gasteiger partial charge in [-0.05, 0) is 30.3 Å². The van der Waals surface area contributed by atoms with Crippen molar-refractivity contribution in [2.24, 2.45) is 0 Å². The van der Waals surface area contributed by atoms with Gasteiger partial charge in [-0.1, -0.05) is 12.1 Å². The first-order chi connectivity index (χ1) is 10.7. The number of para-hydroxylation sites is 2. The van der Waals surface area contributed by atoms with Crippen LogP contribution in [-0.2, 0) is 0 Å². The Morgan fingerprint density at radius 1 is 0.955 bits per heavy atom. The minimum Gasteiger partial charge on any atom is -0.478 e. The molecule has 0 aliphatic rings. The van der Waals surface area contributed by atoms with Gasteiger partial charge in [0, 0.05) is 0 Å². The van der Waals surface area contributed by atoms with E-state index in [-0.39, 0.29) is 17.6 Å². The monoisotopic (exact) mass is 295 g/mol. The summed E-state index contributed by atoms with van der Waals surface area (Å²) in [7, 11) is 0. The van der Waals surface area contributed by atoms with Crippen LogP contribution < -0.4 is 5.32 Å². The number of oxazole rings is 2. The Hall–Kier alpha value is -3.35. The zero-order chi connectivity index (χ0) is 15.1. The number of carboxylic acids is 1. The van der Waals surface area contributed by atoms with Crippen LogP contribution in [0.4, 0.5) is 12.0 Å². The molecular weight excluding hydrogens is 286 g/mol. The first kappa shape index (κ1) is 12.4. The van der Waals surface area contributed by atoms with Crippen LogP contribution in [0.25, 0.3) is 22.2 Å². The predicted octanol–water partition coefficient (Wildman–Crippen LogP) is 3.41. The van der Waals surface area contributed by atoms with Crippen LogP contribution in [0.1, 0.15) is 10.4 Å². The zero-order valence-corrected chi connectivity index (χ0v) is 11.1. The molecule has 4 aromatic rings. The first-order valence-corrected chi connectivity index (χ1v) is 6.45. The Bertz CT molecular complexity index is 969. The van der Waals surface area contributed by atoms with Crippen molar-refractivity contribution >= 4 is 40.2 Å². The second kappa shape index (κ2) is 4.59. The molecule has 0 radical (unpaired) electrons. The molecule has 22 heavy (non-hydrogen) atoms. The van der Waals surface area contributed by atoms with Crippen LogP contribution in [0.5, 0.6) is 0 Å². The molecule has 2 aromatic heterocycles. The molecule has 0 fully saturated rings. The maximum atomic E-state index is 10.9. The second-order valence-electron chi connectivity index (χ2n) is 4.62. The van der Waals surface area contributed by atoms with Crippen molar-refractivity contribution in [3.63, 3.8) is 0 Å². The number of hydrogen-bond acceptors (Lipinski definition) is 6. The Balaban J connectivity index is 1.70. The smallest absolute Gasteiger partial charge is 0.335 e. The van der Waals surface area contributed by atoms with Gasteiger partial charge in [0.15, 0.2) is 11.2 Å². The molecule has 108 valence electrons. The molecule has 0 aliphatic carbocycles. The molecule has 7 nitrogen and oxygen atoms in total. The molecular formula is C15H9N3O4. The fourth-order valence-electron chi connectivity index (χ4n) is 2.13. The lowest BCUT2D eigenvalue weighted by molar-refractivity contribution is 0.0697. The van der Waals surface area contributed by atoms with E-state index in [4.69, 9.17) is 13.9 Å². The summed E-state index contributed by atoms with van der Waals surface area (Å²) >= 11 is 0. The molecule has 0 spiro atoms. The molecule has 7 heteroatoms. The van der Waals surface area contributed by atoms with E-state index in [1.807, 2.05) is 18.2 Å². The Morgan fingerprint density at radius 3 is 2.36 bits per heavy atom. The van der Waals surface area contributed by atoms with Crippen molar-refractivity contribution in [2.45, 2.75) is 0 Å². The maximum absolute atomic E-state index is 10.9. The third-order valence-corrected chi connectivity index (χ3v) is 3.14. The van der Waals surface area contributed by atoms with Gasteiger partial charge in [0.1, 0.15) is 11.0 Å². The molecule has 0 saturated carbocycles. The van der Waals surface area contributed by atoms with E-state index in [0.717, 1.165) is 0 Å². The average Bonchev–Trinajstić information content (AvgIpc) is 3.08. The number of rotatable bonds is 3. The van der Waals surface area contributed by atoms with Crippen molar-refractivity contribution in [1.29, 1.82) is 0 Å². The number of aromatic nitrogens is 2. The Morgan fingerprint density at radius 2 is 1.64 bits per heavy atom. The molecule has 0 amide bonds. The lowest BCUT2D eigenvalue weighted by atomic mass is 10.2. The maximum Gasteiger partial charge on any atom is 0.335 e. The van der Waals surface area contributed by atoms with Crippen LogP contribution in [-0.4, -0.2) is 21.0 Å². The molecule has 4 rings (SSSR count). The van der Waals surface area contributed by atoms with E-state index in [0.29, 0.717) is 22.2 Å². The van der Waals surface area contributed by atoms with Gasteiger partial charge >= 0.3 is 18.0 Å². The number of fused-ring (bicyclic) bond motifs is 2. The van der Waals surface area contributed by atoms with Crippen LogP contribution >= 0.6 is 0 Å². The summed E-state index contributed by atoms with van der Waals surface area (Å²) in [5.74, 6) is -1.02.